The molecule has 0 fully saturated rings. The van der Waals surface area contributed by atoms with Crippen LogP contribution in [0.3, 0.4) is 0 Å². The molecule has 0 atom stereocenters. The molecular formula is C48H33N. The van der Waals surface area contributed by atoms with Gasteiger partial charge >= 0.3 is 0 Å². The van der Waals surface area contributed by atoms with E-state index in [4.69, 9.17) is 0 Å². The Morgan fingerprint density at radius 3 is 1.08 bits per heavy atom. The average Bonchev–Trinajstić information content (AvgIpc) is 3.63. The largest absolute Gasteiger partial charge is 0.309 e. The van der Waals surface area contributed by atoms with Crippen LogP contribution in [0.15, 0.2) is 200 Å². The SMILES string of the molecule is c1ccc(-c2ccc3cc4ccc(-c5ccccc5)cc4c(-c4ccc(-n5c(-c6ccccc6)ccc5-c5ccccc5)cc4)c3c2)cc1. The van der Waals surface area contributed by atoms with Crippen molar-refractivity contribution in [2.75, 3.05) is 0 Å². The molecule has 0 aliphatic carbocycles. The van der Waals surface area contributed by atoms with Crippen LogP contribution in [0.4, 0.5) is 0 Å². The summed E-state index contributed by atoms with van der Waals surface area (Å²) in [5.74, 6) is 0. The quantitative estimate of drug-likeness (QED) is 0.162. The van der Waals surface area contributed by atoms with E-state index in [0.717, 1.165) is 5.69 Å². The lowest BCUT2D eigenvalue weighted by molar-refractivity contribution is 1.10. The third-order valence-electron chi connectivity index (χ3n) is 9.60. The van der Waals surface area contributed by atoms with Gasteiger partial charge in [-0.05, 0) is 109 Å². The van der Waals surface area contributed by atoms with Crippen molar-refractivity contribution < 1.29 is 0 Å². The maximum atomic E-state index is 2.39. The molecule has 1 heteroatoms. The summed E-state index contributed by atoms with van der Waals surface area (Å²) in [7, 11) is 0. The summed E-state index contributed by atoms with van der Waals surface area (Å²) in [5.41, 5.74) is 13.2. The standard InChI is InChI=1S/C48H33N/c1-5-13-34(14-6-1)39-21-23-41-31-42-24-22-40(35-15-7-2-8-16-35)33-45(42)48(44(41)32-39)38-25-27-43(28-26-38)49-46(36-17-9-3-10-18-36)29-30-47(49)37-19-11-4-12-20-37/h1-33H. The lowest BCUT2D eigenvalue weighted by Gasteiger charge is -2.17. The van der Waals surface area contributed by atoms with Crippen molar-refractivity contribution in [3.05, 3.63) is 200 Å². The molecule has 0 aliphatic heterocycles. The Balaban J connectivity index is 1.26. The number of nitrogens with zero attached hydrogens (tertiary/aromatic N) is 1. The fraction of sp³-hybridized carbons (Fsp3) is 0. The minimum atomic E-state index is 1.13. The number of hydrogen-bond acceptors (Lipinski definition) is 0. The van der Waals surface area contributed by atoms with Crippen molar-refractivity contribution in [3.63, 3.8) is 0 Å². The van der Waals surface area contributed by atoms with E-state index in [2.05, 4.69) is 205 Å². The summed E-state index contributed by atoms with van der Waals surface area (Å²) in [4.78, 5) is 0. The van der Waals surface area contributed by atoms with Crippen LogP contribution in [0.25, 0.3) is 83.1 Å². The van der Waals surface area contributed by atoms with Crippen molar-refractivity contribution in [1.29, 1.82) is 0 Å². The zero-order valence-corrected chi connectivity index (χ0v) is 27.0. The molecule has 0 saturated heterocycles. The fourth-order valence-electron chi connectivity index (χ4n) is 7.20. The van der Waals surface area contributed by atoms with E-state index in [0.29, 0.717) is 0 Å². The topological polar surface area (TPSA) is 4.93 Å². The highest BCUT2D eigenvalue weighted by Crippen LogP contribution is 2.41. The van der Waals surface area contributed by atoms with E-state index >= 15 is 0 Å². The van der Waals surface area contributed by atoms with Crippen LogP contribution in [0.2, 0.25) is 0 Å². The molecule has 1 heterocycles. The van der Waals surface area contributed by atoms with Crippen LogP contribution in [-0.2, 0) is 0 Å². The van der Waals surface area contributed by atoms with Crippen LogP contribution in [0.5, 0.6) is 0 Å². The highest BCUT2D eigenvalue weighted by atomic mass is 15.0. The molecule has 8 aromatic carbocycles. The summed E-state index contributed by atoms with van der Waals surface area (Å²) in [6.07, 6.45) is 0. The van der Waals surface area contributed by atoms with Gasteiger partial charge < -0.3 is 4.57 Å². The number of aromatic nitrogens is 1. The van der Waals surface area contributed by atoms with Crippen LogP contribution >= 0.6 is 0 Å². The summed E-state index contributed by atoms with van der Waals surface area (Å²) >= 11 is 0. The molecule has 0 aliphatic rings. The predicted molar refractivity (Wildman–Crippen MR) is 208 cm³/mol. The van der Waals surface area contributed by atoms with Crippen LogP contribution in [0.1, 0.15) is 0 Å². The predicted octanol–water partition coefficient (Wildman–Crippen LogP) is 13.1. The van der Waals surface area contributed by atoms with Gasteiger partial charge in [0.25, 0.3) is 0 Å². The second kappa shape index (κ2) is 12.3. The van der Waals surface area contributed by atoms with Gasteiger partial charge in [0.2, 0.25) is 0 Å². The minimum absolute atomic E-state index is 1.13. The first-order chi connectivity index (χ1) is 24.3. The van der Waals surface area contributed by atoms with Gasteiger partial charge in [0.15, 0.2) is 0 Å². The number of benzene rings is 8. The molecular weight excluding hydrogens is 591 g/mol. The Morgan fingerprint density at radius 2 is 0.653 bits per heavy atom. The van der Waals surface area contributed by atoms with Crippen molar-refractivity contribution in [2.24, 2.45) is 0 Å². The van der Waals surface area contributed by atoms with E-state index in [-0.39, 0.29) is 0 Å². The monoisotopic (exact) mass is 623 g/mol. The van der Waals surface area contributed by atoms with E-state index in [1.807, 2.05) is 0 Å². The molecule has 0 N–H and O–H groups in total. The molecule has 0 amide bonds. The van der Waals surface area contributed by atoms with Crippen LogP contribution in [0, 0.1) is 0 Å². The average molecular weight is 624 g/mol. The molecule has 1 aromatic heterocycles. The third-order valence-corrected chi connectivity index (χ3v) is 9.60. The zero-order chi connectivity index (χ0) is 32.6. The molecule has 0 radical (unpaired) electrons. The second-order valence-corrected chi connectivity index (χ2v) is 12.6. The van der Waals surface area contributed by atoms with Crippen molar-refractivity contribution in [2.45, 2.75) is 0 Å². The Hall–Kier alpha value is -6.44. The van der Waals surface area contributed by atoms with Crippen LogP contribution < -0.4 is 0 Å². The minimum Gasteiger partial charge on any atom is -0.309 e. The Morgan fingerprint density at radius 1 is 0.265 bits per heavy atom. The normalized spacial score (nSPS) is 11.3. The van der Waals surface area contributed by atoms with Crippen molar-refractivity contribution in [3.8, 4) is 61.6 Å². The van der Waals surface area contributed by atoms with Gasteiger partial charge in [-0.3, -0.25) is 0 Å². The van der Waals surface area contributed by atoms with Gasteiger partial charge in [0.1, 0.15) is 0 Å². The maximum Gasteiger partial charge on any atom is 0.0535 e. The number of fused-ring (bicyclic) bond motifs is 2. The van der Waals surface area contributed by atoms with Gasteiger partial charge in [0, 0.05) is 5.69 Å². The van der Waals surface area contributed by atoms with Gasteiger partial charge in [0.05, 0.1) is 11.4 Å². The molecule has 9 rings (SSSR count). The highest BCUT2D eigenvalue weighted by molar-refractivity contribution is 6.14. The van der Waals surface area contributed by atoms with Gasteiger partial charge in [-0.15, -0.1) is 0 Å². The molecule has 0 saturated carbocycles. The molecule has 0 bridgehead atoms. The zero-order valence-electron chi connectivity index (χ0n) is 27.0. The van der Waals surface area contributed by atoms with Gasteiger partial charge in [-0.2, -0.15) is 0 Å². The van der Waals surface area contributed by atoms with E-state index in [1.165, 1.54) is 77.4 Å². The highest BCUT2D eigenvalue weighted by Gasteiger charge is 2.16. The molecule has 9 aromatic rings. The van der Waals surface area contributed by atoms with Gasteiger partial charge in [-0.1, -0.05) is 158 Å². The summed E-state index contributed by atoms with van der Waals surface area (Å²) in [6, 6.07) is 72.4. The summed E-state index contributed by atoms with van der Waals surface area (Å²) in [5, 5.41) is 4.98. The second-order valence-electron chi connectivity index (χ2n) is 12.6. The number of rotatable bonds is 6. The Kier molecular flexibility index (Phi) is 7.22. The van der Waals surface area contributed by atoms with E-state index in [9.17, 15) is 0 Å². The molecule has 0 unspecified atom stereocenters. The summed E-state index contributed by atoms with van der Waals surface area (Å²) < 4.78 is 2.39. The number of hydrogen-bond donors (Lipinski definition) is 0. The smallest absolute Gasteiger partial charge is 0.0535 e. The summed E-state index contributed by atoms with van der Waals surface area (Å²) in [6.45, 7) is 0. The third kappa shape index (κ3) is 5.32. The van der Waals surface area contributed by atoms with Crippen molar-refractivity contribution >= 4 is 21.5 Å². The molecule has 1 nitrogen and oxygen atoms in total. The first kappa shape index (κ1) is 28.8. The lowest BCUT2D eigenvalue weighted by atomic mass is 9.88. The molecule has 0 spiro atoms. The first-order valence-corrected chi connectivity index (χ1v) is 16.8. The van der Waals surface area contributed by atoms with Gasteiger partial charge in [-0.25, -0.2) is 0 Å². The Bertz CT molecular complexity index is 2390. The van der Waals surface area contributed by atoms with E-state index in [1.54, 1.807) is 0 Å². The maximum absolute atomic E-state index is 2.39. The first-order valence-electron chi connectivity index (χ1n) is 16.8. The molecule has 49 heavy (non-hydrogen) atoms. The Labute approximate surface area is 287 Å². The lowest BCUT2D eigenvalue weighted by Crippen LogP contribution is -1.99. The fourth-order valence-corrected chi connectivity index (χ4v) is 7.20. The van der Waals surface area contributed by atoms with E-state index < -0.39 is 0 Å². The molecule has 230 valence electrons. The van der Waals surface area contributed by atoms with Crippen molar-refractivity contribution in [1.82, 2.24) is 4.57 Å². The van der Waals surface area contributed by atoms with Crippen LogP contribution in [-0.4, -0.2) is 4.57 Å².